The van der Waals surface area contributed by atoms with E-state index in [1.54, 1.807) is 6.07 Å². The summed E-state index contributed by atoms with van der Waals surface area (Å²) in [6.07, 6.45) is 0. The van der Waals surface area contributed by atoms with Crippen LogP contribution in [-0.4, -0.2) is 17.0 Å². The number of carbonyl (C=O) groups excluding carboxylic acids is 1. The smallest absolute Gasteiger partial charge is 0.335 e. The van der Waals surface area contributed by atoms with Crippen LogP contribution in [0.5, 0.6) is 0 Å². The normalized spacial score (nSPS) is 10.3. The minimum absolute atomic E-state index is 0.0170. The van der Waals surface area contributed by atoms with Crippen molar-refractivity contribution in [1.29, 1.82) is 0 Å². The van der Waals surface area contributed by atoms with Crippen LogP contribution in [0.15, 0.2) is 34.7 Å². The average molecular weight is 266 g/mol. The second kappa shape index (κ2) is 4.54. The zero-order valence-corrected chi connectivity index (χ0v) is 9.77. The van der Waals surface area contributed by atoms with Crippen LogP contribution in [-0.2, 0) is 0 Å². The van der Waals surface area contributed by atoms with Crippen molar-refractivity contribution in [3.8, 4) is 11.3 Å². The maximum absolute atomic E-state index is 10.9. The zero-order valence-electron chi connectivity index (χ0n) is 9.01. The van der Waals surface area contributed by atoms with Crippen molar-refractivity contribution in [2.24, 2.45) is 5.73 Å². The van der Waals surface area contributed by atoms with Crippen molar-refractivity contribution in [2.75, 3.05) is 0 Å². The van der Waals surface area contributed by atoms with E-state index < -0.39 is 11.9 Å². The molecule has 2 rings (SSSR count). The Kier molecular flexibility index (Phi) is 3.08. The maximum Gasteiger partial charge on any atom is 0.335 e. The van der Waals surface area contributed by atoms with Crippen LogP contribution in [0, 0.1) is 0 Å². The lowest BCUT2D eigenvalue weighted by Crippen LogP contribution is -2.09. The van der Waals surface area contributed by atoms with Gasteiger partial charge >= 0.3 is 5.97 Å². The van der Waals surface area contributed by atoms with Gasteiger partial charge in [0.2, 0.25) is 0 Å². The van der Waals surface area contributed by atoms with Crippen LogP contribution in [0.25, 0.3) is 11.3 Å². The highest BCUT2D eigenvalue weighted by Crippen LogP contribution is 2.30. The lowest BCUT2D eigenvalue weighted by molar-refractivity contribution is 0.0696. The van der Waals surface area contributed by atoms with Crippen LogP contribution < -0.4 is 5.73 Å². The summed E-state index contributed by atoms with van der Waals surface area (Å²) in [5.74, 6) is -1.38. The van der Waals surface area contributed by atoms with E-state index in [9.17, 15) is 9.59 Å². The molecular formula is C12H8ClNO4. The van der Waals surface area contributed by atoms with Gasteiger partial charge < -0.3 is 15.3 Å². The molecule has 1 aromatic heterocycles. The predicted octanol–water partition coefficient (Wildman–Crippen LogP) is 2.40. The van der Waals surface area contributed by atoms with Gasteiger partial charge in [-0.05, 0) is 30.3 Å². The molecule has 92 valence electrons. The summed E-state index contributed by atoms with van der Waals surface area (Å²) in [6.45, 7) is 0. The first-order valence-corrected chi connectivity index (χ1v) is 5.29. The number of amides is 1. The first-order chi connectivity index (χ1) is 8.49. The fourth-order valence-corrected chi connectivity index (χ4v) is 1.74. The Labute approximate surface area is 107 Å². The number of furan rings is 1. The molecule has 1 heterocycles. The number of carbonyl (C=O) groups is 2. The highest BCUT2D eigenvalue weighted by Gasteiger charge is 2.13. The molecule has 5 nitrogen and oxygen atoms in total. The largest absolute Gasteiger partial charge is 0.478 e. The van der Waals surface area contributed by atoms with Crippen molar-refractivity contribution in [1.82, 2.24) is 0 Å². The molecule has 0 radical (unpaired) electrons. The Morgan fingerprint density at radius 1 is 1.22 bits per heavy atom. The molecule has 0 aliphatic rings. The van der Waals surface area contributed by atoms with Gasteiger partial charge in [-0.25, -0.2) is 4.79 Å². The minimum atomic E-state index is -1.07. The molecule has 0 atom stereocenters. The van der Waals surface area contributed by atoms with Gasteiger partial charge in [-0.2, -0.15) is 0 Å². The van der Waals surface area contributed by atoms with Gasteiger partial charge in [0, 0.05) is 5.56 Å². The first kappa shape index (κ1) is 12.2. The number of halogens is 1. The van der Waals surface area contributed by atoms with Crippen LogP contribution >= 0.6 is 11.6 Å². The van der Waals surface area contributed by atoms with Crippen LogP contribution in [0.4, 0.5) is 0 Å². The van der Waals surface area contributed by atoms with E-state index in [0.29, 0.717) is 11.3 Å². The van der Waals surface area contributed by atoms with E-state index in [1.165, 1.54) is 24.3 Å². The summed E-state index contributed by atoms with van der Waals surface area (Å²) in [6, 6.07) is 7.19. The Balaban J connectivity index is 2.44. The highest BCUT2D eigenvalue weighted by molar-refractivity contribution is 6.33. The summed E-state index contributed by atoms with van der Waals surface area (Å²) < 4.78 is 5.21. The summed E-state index contributed by atoms with van der Waals surface area (Å²) in [7, 11) is 0. The topological polar surface area (TPSA) is 93.5 Å². The molecule has 0 spiro atoms. The predicted molar refractivity (Wildman–Crippen MR) is 64.6 cm³/mol. The lowest BCUT2D eigenvalue weighted by Gasteiger charge is -2.02. The molecule has 18 heavy (non-hydrogen) atoms. The summed E-state index contributed by atoms with van der Waals surface area (Å²) in [5.41, 5.74) is 5.63. The SMILES string of the molecule is NC(=O)c1ccc(-c2ccc(C(=O)O)cc2Cl)o1. The molecule has 2 aromatic rings. The second-order valence-electron chi connectivity index (χ2n) is 3.53. The molecule has 1 amide bonds. The summed E-state index contributed by atoms with van der Waals surface area (Å²) in [4.78, 5) is 21.6. The van der Waals surface area contributed by atoms with Crippen molar-refractivity contribution in [3.05, 3.63) is 46.7 Å². The molecule has 0 saturated carbocycles. The molecule has 1 aromatic carbocycles. The summed E-state index contributed by atoms with van der Waals surface area (Å²) in [5, 5.41) is 9.03. The lowest BCUT2D eigenvalue weighted by atomic mass is 10.1. The molecule has 0 bridgehead atoms. The Bertz CT molecular complexity index is 633. The molecule has 0 saturated heterocycles. The fraction of sp³-hybridized carbons (Fsp3) is 0. The number of hydrogen-bond donors (Lipinski definition) is 2. The molecule has 0 aliphatic carbocycles. The Morgan fingerprint density at radius 2 is 1.94 bits per heavy atom. The number of hydrogen-bond acceptors (Lipinski definition) is 3. The molecule has 0 unspecified atom stereocenters. The van der Waals surface area contributed by atoms with Crippen LogP contribution in [0.3, 0.4) is 0 Å². The van der Waals surface area contributed by atoms with E-state index >= 15 is 0 Å². The number of nitrogens with two attached hydrogens (primary N) is 1. The number of carboxylic acid groups (broad SMARTS) is 1. The van der Waals surface area contributed by atoms with E-state index in [1.807, 2.05) is 0 Å². The van der Waals surface area contributed by atoms with Crippen molar-refractivity contribution in [3.63, 3.8) is 0 Å². The second-order valence-corrected chi connectivity index (χ2v) is 3.94. The number of primary amides is 1. The van der Waals surface area contributed by atoms with Crippen molar-refractivity contribution >= 4 is 23.5 Å². The van der Waals surface area contributed by atoms with Gasteiger partial charge in [-0.15, -0.1) is 0 Å². The van der Waals surface area contributed by atoms with Crippen LogP contribution in [0.2, 0.25) is 5.02 Å². The van der Waals surface area contributed by atoms with Gasteiger partial charge in [-0.1, -0.05) is 11.6 Å². The molecule has 0 fully saturated rings. The van der Waals surface area contributed by atoms with E-state index in [0.717, 1.165) is 0 Å². The van der Waals surface area contributed by atoms with Gasteiger partial charge in [0.25, 0.3) is 5.91 Å². The molecular weight excluding hydrogens is 258 g/mol. The number of rotatable bonds is 3. The minimum Gasteiger partial charge on any atom is -0.478 e. The third kappa shape index (κ3) is 2.21. The first-order valence-electron chi connectivity index (χ1n) is 4.92. The average Bonchev–Trinajstić information content (AvgIpc) is 2.78. The molecule has 3 N–H and O–H groups in total. The number of benzene rings is 1. The summed E-state index contributed by atoms with van der Waals surface area (Å²) >= 11 is 5.96. The van der Waals surface area contributed by atoms with Crippen molar-refractivity contribution in [2.45, 2.75) is 0 Å². The Hall–Kier alpha value is -2.27. The van der Waals surface area contributed by atoms with Gasteiger partial charge in [0.15, 0.2) is 5.76 Å². The van der Waals surface area contributed by atoms with Crippen molar-refractivity contribution < 1.29 is 19.1 Å². The van der Waals surface area contributed by atoms with Gasteiger partial charge in [0.05, 0.1) is 10.6 Å². The van der Waals surface area contributed by atoms with E-state index in [2.05, 4.69) is 0 Å². The number of aromatic carboxylic acids is 1. The monoisotopic (exact) mass is 265 g/mol. The fourth-order valence-electron chi connectivity index (χ4n) is 1.46. The maximum atomic E-state index is 10.9. The highest BCUT2D eigenvalue weighted by atomic mass is 35.5. The van der Waals surface area contributed by atoms with E-state index in [4.69, 9.17) is 26.9 Å². The standard InChI is InChI=1S/C12H8ClNO4/c13-8-5-6(12(16)17)1-2-7(8)9-3-4-10(18-9)11(14)15/h1-5H,(H2,14,15)(H,16,17). The molecule has 0 aliphatic heterocycles. The van der Waals surface area contributed by atoms with E-state index in [-0.39, 0.29) is 16.3 Å². The number of carboxylic acids is 1. The van der Waals surface area contributed by atoms with Crippen LogP contribution in [0.1, 0.15) is 20.9 Å². The quantitative estimate of drug-likeness (QED) is 0.891. The third-order valence-corrected chi connectivity index (χ3v) is 2.64. The Morgan fingerprint density at radius 3 is 2.44 bits per heavy atom. The van der Waals surface area contributed by atoms with Gasteiger partial charge in [0.1, 0.15) is 5.76 Å². The third-order valence-electron chi connectivity index (χ3n) is 2.33. The molecule has 6 heteroatoms. The van der Waals surface area contributed by atoms with Gasteiger partial charge in [-0.3, -0.25) is 4.79 Å². The zero-order chi connectivity index (χ0) is 13.3.